The normalized spacial score (nSPS) is 12.4. The number of hydrogen-bond donors (Lipinski definition) is 0. The van der Waals surface area contributed by atoms with E-state index < -0.39 is 5.41 Å². The maximum absolute atomic E-state index is 5.07. The lowest BCUT2D eigenvalue weighted by atomic mass is 9.72. The van der Waals surface area contributed by atoms with Crippen LogP contribution < -0.4 is 4.90 Å². The van der Waals surface area contributed by atoms with Crippen molar-refractivity contribution >= 4 is 17.1 Å². The minimum atomic E-state index is -0.418. The molecule has 13 rings (SSSR count). The van der Waals surface area contributed by atoms with E-state index >= 15 is 0 Å². The van der Waals surface area contributed by atoms with Crippen molar-refractivity contribution in [3.63, 3.8) is 0 Å². The monoisotopic (exact) mass is 975 g/mol. The van der Waals surface area contributed by atoms with E-state index in [1.807, 2.05) is 121 Å². The summed E-state index contributed by atoms with van der Waals surface area (Å²) in [6.07, 6.45) is 0. The van der Waals surface area contributed by atoms with Crippen molar-refractivity contribution in [3.8, 4) is 102 Å². The highest BCUT2D eigenvalue weighted by atomic mass is 15.2. The van der Waals surface area contributed by atoms with Gasteiger partial charge in [0.05, 0.1) is 11.4 Å². The van der Waals surface area contributed by atoms with Crippen LogP contribution in [0.2, 0.25) is 0 Å². The van der Waals surface area contributed by atoms with E-state index in [1.54, 1.807) is 0 Å². The van der Waals surface area contributed by atoms with Crippen molar-refractivity contribution in [3.05, 3.63) is 272 Å². The number of hydrogen-bond acceptors (Lipinski definition) is 7. The lowest BCUT2D eigenvalue weighted by molar-refractivity contribution is 0.632. The van der Waals surface area contributed by atoms with Gasteiger partial charge >= 0.3 is 0 Å². The molecule has 0 fully saturated rings. The first kappa shape index (κ1) is 45.9. The van der Waals surface area contributed by atoms with Gasteiger partial charge in [-0.2, -0.15) is 0 Å². The van der Waals surface area contributed by atoms with E-state index in [0.717, 1.165) is 72.7 Å². The molecule has 1 aliphatic heterocycles. The molecule has 7 heteroatoms. The Morgan fingerprint density at radius 3 is 0.855 bits per heavy atom. The highest BCUT2D eigenvalue weighted by Crippen LogP contribution is 2.54. The third kappa shape index (κ3) is 8.80. The topological polar surface area (TPSA) is 80.6 Å². The number of rotatable bonds is 10. The highest BCUT2D eigenvalue weighted by molar-refractivity contribution is 5.90. The van der Waals surface area contributed by atoms with Crippen molar-refractivity contribution in [1.29, 1.82) is 0 Å². The predicted molar refractivity (Wildman–Crippen MR) is 309 cm³/mol. The summed E-state index contributed by atoms with van der Waals surface area (Å²) in [5.41, 5.74) is 17.6. The predicted octanol–water partition coefficient (Wildman–Crippen LogP) is 17.2. The Labute approximate surface area is 442 Å². The number of benzene rings is 10. The molecular weight excluding hydrogens is 927 g/mol. The van der Waals surface area contributed by atoms with Gasteiger partial charge in [0.2, 0.25) is 0 Å². The molecule has 10 aromatic carbocycles. The lowest BCUT2D eigenvalue weighted by Gasteiger charge is -2.42. The van der Waals surface area contributed by atoms with Crippen molar-refractivity contribution < 1.29 is 0 Å². The number of fused-ring (bicyclic) bond motifs is 2. The van der Waals surface area contributed by atoms with Crippen LogP contribution in [0.1, 0.15) is 25.0 Å². The average molecular weight is 976 g/mol. The maximum atomic E-state index is 5.07. The van der Waals surface area contributed by atoms with Gasteiger partial charge in [0.25, 0.3) is 0 Å². The Morgan fingerprint density at radius 1 is 0.237 bits per heavy atom. The van der Waals surface area contributed by atoms with Crippen LogP contribution in [0, 0.1) is 0 Å². The first-order valence-corrected chi connectivity index (χ1v) is 25.6. The molecule has 0 spiro atoms. The molecule has 0 amide bonds. The van der Waals surface area contributed by atoms with Gasteiger partial charge in [-0.25, -0.2) is 29.9 Å². The minimum absolute atomic E-state index is 0.418. The van der Waals surface area contributed by atoms with E-state index in [9.17, 15) is 0 Å². The fourth-order valence-corrected chi connectivity index (χ4v) is 10.4. The Kier molecular flexibility index (Phi) is 11.7. The van der Waals surface area contributed by atoms with Crippen LogP contribution in [-0.2, 0) is 5.41 Å². The third-order valence-corrected chi connectivity index (χ3v) is 14.4. The molecule has 2 aromatic heterocycles. The quantitative estimate of drug-likeness (QED) is 0.135. The van der Waals surface area contributed by atoms with Crippen LogP contribution in [0.3, 0.4) is 0 Å². The first-order valence-electron chi connectivity index (χ1n) is 25.6. The standard InChI is InChI=1S/C69H49N7/c1-69(2)59-44-54(52-30-18-32-56(42-52)67-72-63(48-22-10-4-11-23-48)70-64(73-67)49-24-12-5-13-25-49)36-40-61(59)76(58-38-34-47(35-39-58)46-20-8-3-9-21-46)62-41-37-55(45-60(62)69)53-31-19-33-57(43-53)68-74-65(50-26-14-6-15-27-50)71-66(75-68)51-28-16-7-17-29-51/h3-45H,1-2H3. The molecule has 0 unspecified atom stereocenters. The Hall–Kier alpha value is -9.98. The smallest absolute Gasteiger partial charge is 0.164 e. The molecule has 76 heavy (non-hydrogen) atoms. The van der Waals surface area contributed by atoms with E-state index in [1.165, 1.54) is 22.3 Å². The van der Waals surface area contributed by atoms with Gasteiger partial charge in [-0.05, 0) is 93.0 Å². The van der Waals surface area contributed by atoms with Crippen LogP contribution in [0.15, 0.2) is 261 Å². The van der Waals surface area contributed by atoms with Gasteiger partial charge in [-0.1, -0.05) is 226 Å². The molecule has 0 aliphatic carbocycles. The summed E-state index contributed by atoms with van der Waals surface area (Å²) in [5.74, 6) is 3.76. The molecular formula is C69H49N7. The number of nitrogens with zero attached hydrogens (tertiary/aromatic N) is 7. The van der Waals surface area contributed by atoms with Crippen molar-refractivity contribution in [2.45, 2.75) is 19.3 Å². The van der Waals surface area contributed by atoms with E-state index in [-0.39, 0.29) is 0 Å². The fourth-order valence-electron chi connectivity index (χ4n) is 10.4. The van der Waals surface area contributed by atoms with Crippen LogP contribution in [-0.4, -0.2) is 29.9 Å². The molecule has 3 heterocycles. The van der Waals surface area contributed by atoms with Crippen molar-refractivity contribution in [2.75, 3.05) is 4.90 Å². The van der Waals surface area contributed by atoms with Gasteiger partial charge in [0.1, 0.15) is 0 Å². The molecule has 0 saturated heterocycles. The molecule has 1 aliphatic rings. The SMILES string of the molecule is CC1(C)c2cc(-c3cccc(-c4nc(-c5ccccc5)nc(-c5ccccc5)n4)c3)ccc2N(c2ccc(-c3ccccc3)cc2)c2ccc(-c3cccc(-c4nc(-c5ccccc5)nc(-c5ccccc5)n4)c3)cc21. The Morgan fingerprint density at radius 2 is 0.500 bits per heavy atom. The van der Waals surface area contributed by atoms with E-state index in [0.29, 0.717) is 34.9 Å². The lowest BCUT2D eigenvalue weighted by Crippen LogP contribution is -2.30. The zero-order valence-electron chi connectivity index (χ0n) is 42.0. The largest absolute Gasteiger partial charge is 0.310 e. The van der Waals surface area contributed by atoms with Crippen LogP contribution in [0.25, 0.3) is 102 Å². The molecule has 0 saturated carbocycles. The second-order valence-corrected chi connectivity index (χ2v) is 19.6. The molecule has 0 atom stereocenters. The molecule has 0 N–H and O–H groups in total. The zero-order valence-corrected chi connectivity index (χ0v) is 42.0. The first-order chi connectivity index (χ1) is 37.4. The Balaban J connectivity index is 0.917. The number of aromatic nitrogens is 6. The summed E-state index contributed by atoms with van der Waals surface area (Å²) < 4.78 is 0. The van der Waals surface area contributed by atoms with Gasteiger partial charge in [0, 0.05) is 44.5 Å². The van der Waals surface area contributed by atoms with Crippen LogP contribution >= 0.6 is 0 Å². The third-order valence-electron chi connectivity index (χ3n) is 14.4. The molecule has 12 aromatic rings. The van der Waals surface area contributed by atoms with Crippen LogP contribution in [0.4, 0.5) is 17.1 Å². The summed E-state index contributed by atoms with van der Waals surface area (Å²) >= 11 is 0. The molecule has 0 radical (unpaired) electrons. The van der Waals surface area contributed by atoms with Crippen molar-refractivity contribution in [1.82, 2.24) is 29.9 Å². The molecule has 0 bridgehead atoms. The highest BCUT2D eigenvalue weighted by Gasteiger charge is 2.37. The minimum Gasteiger partial charge on any atom is -0.310 e. The van der Waals surface area contributed by atoms with E-state index in [4.69, 9.17) is 29.9 Å². The molecule has 360 valence electrons. The number of anilines is 3. The van der Waals surface area contributed by atoms with Gasteiger partial charge in [0.15, 0.2) is 34.9 Å². The summed E-state index contributed by atoms with van der Waals surface area (Å²) in [5, 5.41) is 0. The van der Waals surface area contributed by atoms with E-state index in [2.05, 4.69) is 158 Å². The second kappa shape index (κ2) is 19.5. The average Bonchev–Trinajstić information content (AvgIpc) is 3.60. The van der Waals surface area contributed by atoms with Gasteiger partial charge in [-0.15, -0.1) is 0 Å². The maximum Gasteiger partial charge on any atom is 0.164 e. The van der Waals surface area contributed by atoms with Gasteiger partial charge in [-0.3, -0.25) is 0 Å². The van der Waals surface area contributed by atoms with Crippen molar-refractivity contribution in [2.24, 2.45) is 0 Å². The summed E-state index contributed by atoms with van der Waals surface area (Å²) in [4.78, 5) is 32.6. The summed E-state index contributed by atoms with van der Waals surface area (Å²) in [6, 6.07) is 90.9. The molecule has 7 nitrogen and oxygen atoms in total. The Bertz CT molecular complexity index is 3710. The second-order valence-electron chi connectivity index (χ2n) is 19.6. The summed E-state index contributed by atoms with van der Waals surface area (Å²) in [6.45, 7) is 4.70. The van der Waals surface area contributed by atoms with Crippen LogP contribution in [0.5, 0.6) is 0 Å². The fraction of sp³-hybridized carbons (Fsp3) is 0.0435. The zero-order chi connectivity index (χ0) is 51.0. The summed E-state index contributed by atoms with van der Waals surface area (Å²) in [7, 11) is 0. The van der Waals surface area contributed by atoms with Gasteiger partial charge < -0.3 is 4.90 Å².